The predicted molar refractivity (Wildman–Crippen MR) is 60.5 cm³/mol. The summed E-state index contributed by atoms with van der Waals surface area (Å²) in [5.74, 6) is 0. The number of rotatable bonds is 0. The first-order valence-electron chi connectivity index (χ1n) is 2.10. The van der Waals surface area contributed by atoms with Crippen LogP contribution in [0.3, 0.4) is 0 Å². The summed E-state index contributed by atoms with van der Waals surface area (Å²) in [6.45, 7) is 0. The van der Waals surface area contributed by atoms with Gasteiger partial charge in [0.15, 0.2) is 0 Å². The van der Waals surface area contributed by atoms with E-state index in [1.807, 2.05) is 0 Å². The second-order valence-electron chi connectivity index (χ2n) is 1.34. The Kier molecular flexibility index (Phi) is 36.4. The molecule has 19 heteroatoms. The third kappa shape index (κ3) is 366000. The van der Waals surface area contributed by atoms with E-state index in [0.717, 1.165) is 0 Å². The van der Waals surface area contributed by atoms with Crippen LogP contribution in [0.1, 0.15) is 0 Å². The van der Waals surface area contributed by atoms with Gasteiger partial charge in [0.25, 0.3) is 0 Å². The van der Waals surface area contributed by atoms with Crippen LogP contribution in [0.2, 0.25) is 0 Å². The van der Waals surface area contributed by atoms with Crippen molar-refractivity contribution in [2.45, 2.75) is 0 Å². The molecule has 0 amide bonds. The predicted octanol–water partition coefficient (Wildman–Crippen LogP) is -0.832. The summed E-state index contributed by atoms with van der Waals surface area (Å²) in [7, 11) is -14.0. The van der Waals surface area contributed by atoms with Gasteiger partial charge in [0.2, 0.25) is 0 Å². The summed E-state index contributed by atoms with van der Waals surface area (Å²) in [5, 5.41) is 0. The zero-order valence-electron chi connectivity index (χ0n) is 9.69. The average Bonchev–Trinajstić information content (AvgIpc) is 1.41. The van der Waals surface area contributed by atoms with Gasteiger partial charge in [-0.3, -0.25) is 27.3 Å². The van der Waals surface area contributed by atoms with Gasteiger partial charge in [0, 0.05) is 19.5 Å². The van der Waals surface area contributed by atoms with E-state index in [1.165, 1.54) is 0 Å². The van der Waals surface area contributed by atoms with Gasteiger partial charge in [0.05, 0.1) is 0 Å². The Balaban J connectivity index is -0.0000000206. The van der Waals surface area contributed by atoms with Crippen molar-refractivity contribution >= 4 is 31.2 Å². The van der Waals surface area contributed by atoms with Gasteiger partial charge in [0.1, 0.15) is 0 Å². The van der Waals surface area contributed by atoms with Crippen molar-refractivity contribution in [2.75, 3.05) is 0 Å². The van der Waals surface area contributed by atoms with Crippen molar-refractivity contribution in [2.24, 2.45) is 0 Å². The molecule has 18 N–H and O–H groups in total. The van der Waals surface area contributed by atoms with Gasteiger partial charge in [-0.15, -0.1) is 0 Å². The van der Waals surface area contributed by atoms with E-state index in [4.69, 9.17) is 52.6 Å². The van der Waals surface area contributed by atoms with E-state index in [2.05, 4.69) is 0 Å². The second kappa shape index (κ2) is 16.2. The van der Waals surface area contributed by atoms with E-state index >= 15 is 0 Å². The molecule has 1 radical (unpaired) electrons. The molecule has 0 fully saturated rings. The average molecular weight is 451 g/mol. The molecule has 0 aromatic carbocycles. The Hall–Kier alpha value is 0.113. The van der Waals surface area contributed by atoms with Crippen molar-refractivity contribution in [3.8, 4) is 0 Å². The zero-order valence-corrected chi connectivity index (χ0v) is 13.8. The molecule has 0 aromatic rings. The second-order valence-corrected chi connectivity index (χ2v) is 4.03. The Morgan fingerprint density at radius 2 is 0.421 bits per heavy atom. The Bertz CT molecular complexity index is 349. The maximum absolute atomic E-state index is 8.74. The SMILES string of the molecule is O=S(=O)(O)O.O=S(=O)(O)O.O=S(=O)(O)O.[NH4+].[NH4+].[NH4+].[Rh]. The molecule has 0 unspecified atom stereocenters. The minimum absolute atomic E-state index is 0. The maximum Gasteiger partial charge on any atom is 0.394 e. The molecule has 129 valence electrons. The van der Waals surface area contributed by atoms with Gasteiger partial charge in [-0.05, 0) is 0 Å². The summed E-state index contributed by atoms with van der Waals surface area (Å²) in [5.41, 5.74) is 0. The number of quaternary nitrogens is 3. The van der Waals surface area contributed by atoms with E-state index in [9.17, 15) is 0 Å². The third-order valence-corrected chi connectivity index (χ3v) is 0. The monoisotopic (exact) mass is 451 g/mol. The summed E-state index contributed by atoms with van der Waals surface area (Å²) in [6, 6.07) is 0. The molecule has 0 saturated carbocycles. The first kappa shape index (κ1) is 42.7. The van der Waals surface area contributed by atoms with Crippen molar-refractivity contribution in [3.63, 3.8) is 0 Å². The summed E-state index contributed by atoms with van der Waals surface area (Å²) < 4.78 is 94.8. The molecule has 15 nitrogen and oxygen atoms in total. The van der Waals surface area contributed by atoms with Crippen LogP contribution in [0.5, 0.6) is 0 Å². The van der Waals surface area contributed by atoms with E-state index in [0.29, 0.717) is 0 Å². The topological polar surface area (TPSA) is 333 Å². The van der Waals surface area contributed by atoms with Crippen LogP contribution >= 0.6 is 0 Å². The quantitative estimate of drug-likeness (QED) is 0.161. The Morgan fingerprint density at radius 3 is 0.421 bits per heavy atom. The molecule has 0 bridgehead atoms. The molecule has 0 aliphatic rings. The van der Waals surface area contributed by atoms with Gasteiger partial charge in [-0.1, -0.05) is 0 Å². The molecule has 0 spiro atoms. The van der Waals surface area contributed by atoms with E-state index < -0.39 is 31.2 Å². The Labute approximate surface area is 122 Å². The van der Waals surface area contributed by atoms with Gasteiger partial charge < -0.3 is 18.5 Å². The van der Waals surface area contributed by atoms with Crippen LogP contribution in [-0.4, -0.2) is 52.6 Å². The van der Waals surface area contributed by atoms with Crippen LogP contribution in [0.4, 0.5) is 0 Å². The van der Waals surface area contributed by atoms with Crippen molar-refractivity contribution in [1.82, 2.24) is 18.5 Å². The fraction of sp³-hybridized carbons (Fsp3) is 0. The number of hydrogen-bond donors (Lipinski definition) is 9. The molecule has 0 rings (SSSR count). The van der Waals surface area contributed by atoms with Crippen molar-refractivity contribution in [1.29, 1.82) is 0 Å². The van der Waals surface area contributed by atoms with Crippen LogP contribution in [0.15, 0.2) is 0 Å². The summed E-state index contributed by atoms with van der Waals surface area (Å²) >= 11 is 0. The normalized spacial score (nSPS) is 9.16. The molecular weight excluding hydrogens is 433 g/mol. The number of hydrogen-bond acceptors (Lipinski definition) is 6. The largest absolute Gasteiger partial charge is 0.394 e. The smallest absolute Gasteiger partial charge is 0.369 e. The van der Waals surface area contributed by atoms with Crippen LogP contribution < -0.4 is 18.5 Å². The first-order chi connectivity index (χ1) is 6.00. The molecular formula is H18N3O12RhS3+3. The van der Waals surface area contributed by atoms with Crippen LogP contribution in [0, 0.1) is 0 Å². The van der Waals surface area contributed by atoms with E-state index in [1.54, 1.807) is 0 Å². The Morgan fingerprint density at radius 1 is 0.421 bits per heavy atom. The standard InChI is InChI=1S/3H3N.3H2O4S.Rh/c;;;3*1-5(2,3)4;/h3*1H3;3*(H2,1,2,3,4);/p+3. The molecule has 19 heavy (non-hydrogen) atoms. The first-order valence-corrected chi connectivity index (χ1v) is 6.29. The van der Waals surface area contributed by atoms with Crippen LogP contribution in [0.25, 0.3) is 0 Å². The van der Waals surface area contributed by atoms with Gasteiger partial charge in [-0.2, -0.15) is 25.3 Å². The molecule has 0 aromatic heterocycles. The molecule has 0 saturated heterocycles. The minimum atomic E-state index is -4.67. The molecule has 0 atom stereocenters. The maximum atomic E-state index is 8.74. The summed E-state index contributed by atoms with van der Waals surface area (Å²) in [4.78, 5) is 0. The van der Waals surface area contributed by atoms with Gasteiger partial charge in [-0.25, -0.2) is 0 Å². The van der Waals surface area contributed by atoms with Gasteiger partial charge >= 0.3 is 31.2 Å². The fourth-order valence-electron chi connectivity index (χ4n) is 0. The molecule has 0 aliphatic carbocycles. The fourth-order valence-corrected chi connectivity index (χ4v) is 0. The third-order valence-electron chi connectivity index (χ3n) is 0. The molecule has 0 aliphatic heterocycles. The van der Waals surface area contributed by atoms with E-state index in [-0.39, 0.29) is 37.9 Å². The van der Waals surface area contributed by atoms with Crippen LogP contribution in [-0.2, 0) is 50.7 Å². The minimum Gasteiger partial charge on any atom is -0.369 e. The van der Waals surface area contributed by atoms with Crippen molar-refractivity contribution in [3.05, 3.63) is 0 Å². The summed E-state index contributed by atoms with van der Waals surface area (Å²) in [6.07, 6.45) is 0. The molecule has 0 heterocycles. The van der Waals surface area contributed by atoms with Crippen molar-refractivity contribution < 1.29 is 72.0 Å². The zero-order chi connectivity index (χ0) is 13.5.